The van der Waals surface area contributed by atoms with Crippen molar-refractivity contribution in [2.24, 2.45) is 0 Å². The van der Waals surface area contributed by atoms with Gasteiger partial charge in [0.1, 0.15) is 11.5 Å². The summed E-state index contributed by atoms with van der Waals surface area (Å²) < 4.78 is 11.4. The van der Waals surface area contributed by atoms with Crippen molar-refractivity contribution in [3.63, 3.8) is 0 Å². The van der Waals surface area contributed by atoms with Crippen LogP contribution < -0.4 is 15.6 Å². The molecule has 1 unspecified atom stereocenters. The number of aryl methyl sites for hydroxylation is 1. The van der Waals surface area contributed by atoms with Crippen molar-refractivity contribution in [2.45, 2.75) is 26.4 Å². The van der Waals surface area contributed by atoms with Gasteiger partial charge >= 0.3 is 0 Å². The molecule has 3 aromatic carbocycles. The van der Waals surface area contributed by atoms with Crippen molar-refractivity contribution in [2.75, 3.05) is 0 Å². The van der Waals surface area contributed by atoms with E-state index in [2.05, 4.69) is 15.8 Å². The van der Waals surface area contributed by atoms with Crippen LogP contribution in [0.4, 0.5) is 0 Å². The first-order chi connectivity index (χ1) is 15.5. The van der Waals surface area contributed by atoms with E-state index in [4.69, 9.17) is 9.15 Å². The van der Waals surface area contributed by atoms with Crippen molar-refractivity contribution in [3.05, 3.63) is 84.3 Å². The molecular weight excluding hydrogens is 406 g/mol. The molecular formula is C25H23N3O4. The van der Waals surface area contributed by atoms with Gasteiger partial charge in [0.2, 0.25) is 11.8 Å². The molecule has 0 fully saturated rings. The molecule has 7 nitrogen and oxygen atoms in total. The van der Waals surface area contributed by atoms with Crippen LogP contribution in [0, 0.1) is 6.92 Å². The summed E-state index contributed by atoms with van der Waals surface area (Å²) in [6.45, 7) is 3.37. The molecule has 162 valence electrons. The van der Waals surface area contributed by atoms with Crippen LogP contribution in [0.3, 0.4) is 0 Å². The van der Waals surface area contributed by atoms with E-state index in [0.717, 1.165) is 16.3 Å². The zero-order chi connectivity index (χ0) is 22.5. The van der Waals surface area contributed by atoms with Crippen molar-refractivity contribution in [1.29, 1.82) is 0 Å². The number of hydrogen-bond acceptors (Lipinski definition) is 5. The first-order valence-electron chi connectivity index (χ1n) is 10.3. The number of rotatable bonds is 6. The largest absolute Gasteiger partial charge is 0.481 e. The van der Waals surface area contributed by atoms with E-state index in [9.17, 15) is 9.59 Å². The molecule has 0 aliphatic heterocycles. The molecule has 2 amide bonds. The summed E-state index contributed by atoms with van der Waals surface area (Å²) >= 11 is 0. The molecule has 4 aromatic rings. The van der Waals surface area contributed by atoms with E-state index < -0.39 is 17.9 Å². The van der Waals surface area contributed by atoms with Gasteiger partial charge in [-0.3, -0.25) is 20.4 Å². The molecule has 0 saturated heterocycles. The predicted molar refractivity (Wildman–Crippen MR) is 121 cm³/mol. The number of aromatic nitrogens is 1. The third-order valence-corrected chi connectivity index (χ3v) is 4.97. The normalized spacial score (nSPS) is 11.7. The van der Waals surface area contributed by atoms with Gasteiger partial charge in [-0.2, -0.15) is 0 Å². The number of fused-ring (bicyclic) bond motifs is 1. The standard InChI is InChI=1S/C25H23N3O4/c1-16-22(26-25(32-16)19-9-4-3-5-10-19)15-23(29)27-28-24(30)17(2)31-21-13-12-18-8-6-7-11-20(18)14-21/h3-14,17H,15H2,1-2H3,(H,27,29)(H,28,30). The van der Waals surface area contributed by atoms with Gasteiger partial charge in [-0.05, 0) is 48.9 Å². The number of benzene rings is 3. The molecule has 32 heavy (non-hydrogen) atoms. The summed E-state index contributed by atoms with van der Waals surface area (Å²) in [4.78, 5) is 29.0. The minimum absolute atomic E-state index is 0.0254. The van der Waals surface area contributed by atoms with Gasteiger partial charge in [0.05, 0.1) is 12.1 Å². The van der Waals surface area contributed by atoms with E-state index >= 15 is 0 Å². The van der Waals surface area contributed by atoms with Crippen LogP contribution in [-0.4, -0.2) is 22.9 Å². The van der Waals surface area contributed by atoms with Gasteiger partial charge in [0.15, 0.2) is 6.10 Å². The highest BCUT2D eigenvalue weighted by molar-refractivity contribution is 5.86. The maximum absolute atomic E-state index is 12.3. The molecule has 0 saturated carbocycles. The smallest absolute Gasteiger partial charge is 0.279 e. The average molecular weight is 429 g/mol. The molecule has 0 radical (unpaired) electrons. The molecule has 7 heteroatoms. The van der Waals surface area contributed by atoms with Crippen molar-refractivity contribution in [1.82, 2.24) is 15.8 Å². The molecule has 0 aliphatic carbocycles. The zero-order valence-electron chi connectivity index (χ0n) is 17.8. The van der Waals surface area contributed by atoms with Gasteiger partial charge < -0.3 is 9.15 Å². The summed E-state index contributed by atoms with van der Waals surface area (Å²) in [5.74, 6) is 0.704. The Morgan fingerprint density at radius 2 is 1.69 bits per heavy atom. The Hall–Kier alpha value is -4.13. The van der Waals surface area contributed by atoms with Crippen molar-refractivity contribution in [3.8, 4) is 17.2 Å². The average Bonchev–Trinajstić information content (AvgIpc) is 3.18. The molecule has 1 heterocycles. The van der Waals surface area contributed by atoms with Gasteiger partial charge in [-0.15, -0.1) is 0 Å². The fraction of sp³-hybridized carbons (Fsp3) is 0.160. The number of amides is 2. The highest BCUT2D eigenvalue weighted by atomic mass is 16.5. The van der Waals surface area contributed by atoms with E-state index in [1.54, 1.807) is 13.8 Å². The van der Waals surface area contributed by atoms with E-state index in [1.165, 1.54) is 0 Å². The number of nitrogens with one attached hydrogen (secondary N) is 2. The Morgan fingerprint density at radius 3 is 2.47 bits per heavy atom. The minimum atomic E-state index is -0.796. The van der Waals surface area contributed by atoms with Gasteiger partial charge in [0.25, 0.3) is 5.91 Å². The quantitative estimate of drug-likeness (QED) is 0.453. The molecule has 0 spiro atoms. The first kappa shape index (κ1) is 21.1. The second-order valence-corrected chi connectivity index (χ2v) is 7.37. The molecule has 4 rings (SSSR count). The van der Waals surface area contributed by atoms with Crippen LogP contribution >= 0.6 is 0 Å². The van der Waals surface area contributed by atoms with Crippen LogP contribution in [0.25, 0.3) is 22.2 Å². The monoisotopic (exact) mass is 429 g/mol. The molecule has 1 atom stereocenters. The Balaban J connectivity index is 1.30. The van der Waals surface area contributed by atoms with E-state index in [0.29, 0.717) is 23.1 Å². The topological polar surface area (TPSA) is 93.5 Å². The lowest BCUT2D eigenvalue weighted by atomic mass is 10.1. The summed E-state index contributed by atoms with van der Waals surface area (Å²) in [6, 6.07) is 22.9. The highest BCUT2D eigenvalue weighted by Gasteiger charge is 2.18. The number of nitrogens with zero attached hydrogens (tertiary/aromatic N) is 1. The summed E-state index contributed by atoms with van der Waals surface area (Å²) in [6.07, 6.45) is -0.822. The third kappa shape index (κ3) is 4.95. The Labute approximate surface area is 185 Å². The fourth-order valence-corrected chi connectivity index (χ4v) is 3.22. The molecule has 0 bridgehead atoms. The highest BCUT2D eigenvalue weighted by Crippen LogP contribution is 2.22. The lowest BCUT2D eigenvalue weighted by Crippen LogP contribution is -2.47. The number of carbonyl (C=O) groups is 2. The van der Waals surface area contributed by atoms with Gasteiger partial charge in [-0.25, -0.2) is 4.98 Å². The minimum Gasteiger partial charge on any atom is -0.481 e. The molecule has 2 N–H and O–H groups in total. The third-order valence-electron chi connectivity index (χ3n) is 4.97. The Kier molecular flexibility index (Phi) is 6.17. The second kappa shape index (κ2) is 9.34. The number of hydrogen-bond donors (Lipinski definition) is 2. The van der Waals surface area contributed by atoms with Crippen LogP contribution in [-0.2, 0) is 16.0 Å². The number of oxazole rings is 1. The SMILES string of the molecule is Cc1oc(-c2ccccc2)nc1CC(=O)NNC(=O)C(C)Oc1ccc2ccccc2c1. The number of carbonyl (C=O) groups excluding carboxylic acids is 2. The van der Waals surface area contributed by atoms with Gasteiger partial charge in [0, 0.05) is 5.56 Å². The second-order valence-electron chi connectivity index (χ2n) is 7.37. The van der Waals surface area contributed by atoms with Crippen LogP contribution in [0.1, 0.15) is 18.4 Å². The van der Waals surface area contributed by atoms with Crippen molar-refractivity contribution < 1.29 is 18.7 Å². The molecule has 1 aromatic heterocycles. The van der Waals surface area contributed by atoms with Gasteiger partial charge in [-0.1, -0.05) is 48.5 Å². The Bertz CT molecular complexity index is 1250. The van der Waals surface area contributed by atoms with Crippen LogP contribution in [0.15, 0.2) is 77.2 Å². The van der Waals surface area contributed by atoms with Crippen molar-refractivity contribution >= 4 is 22.6 Å². The van der Waals surface area contributed by atoms with Crippen LogP contribution in [0.2, 0.25) is 0 Å². The number of ether oxygens (including phenoxy) is 1. The molecule has 0 aliphatic rings. The summed E-state index contributed by atoms with van der Waals surface area (Å²) in [5.41, 5.74) is 6.14. The number of hydrazine groups is 1. The van der Waals surface area contributed by atoms with E-state index in [1.807, 2.05) is 72.8 Å². The Morgan fingerprint density at radius 1 is 0.969 bits per heavy atom. The predicted octanol–water partition coefficient (Wildman–Crippen LogP) is 3.96. The lowest BCUT2D eigenvalue weighted by molar-refractivity contribution is -0.132. The summed E-state index contributed by atoms with van der Waals surface area (Å²) in [7, 11) is 0. The maximum Gasteiger partial charge on any atom is 0.279 e. The lowest BCUT2D eigenvalue weighted by Gasteiger charge is -2.15. The van der Waals surface area contributed by atoms with Crippen LogP contribution in [0.5, 0.6) is 5.75 Å². The fourth-order valence-electron chi connectivity index (χ4n) is 3.22. The summed E-state index contributed by atoms with van der Waals surface area (Å²) in [5, 5.41) is 2.10. The maximum atomic E-state index is 12.3. The first-order valence-corrected chi connectivity index (χ1v) is 10.3. The van der Waals surface area contributed by atoms with E-state index in [-0.39, 0.29) is 6.42 Å². The zero-order valence-corrected chi connectivity index (χ0v) is 17.8.